The van der Waals surface area contributed by atoms with Crippen LogP contribution in [-0.2, 0) is 29.1 Å². The molecule has 4 aromatic carbocycles. The summed E-state index contributed by atoms with van der Waals surface area (Å²) >= 11 is 6.81. The second-order valence-electron chi connectivity index (χ2n) is 20.3. The van der Waals surface area contributed by atoms with Gasteiger partial charge in [-0.15, -0.1) is 5.10 Å². The minimum Gasteiger partial charge on any atom is -0.508 e. The van der Waals surface area contributed by atoms with Crippen molar-refractivity contribution in [3.05, 3.63) is 113 Å². The number of phenols is 2. The molecule has 0 spiro atoms. The van der Waals surface area contributed by atoms with Gasteiger partial charge in [0.2, 0.25) is 11.8 Å². The topological polar surface area (TPSA) is 201 Å². The molecule has 2 amide bonds. The second-order valence-corrected chi connectivity index (χ2v) is 20.7. The fraction of sp³-hybridized carbons (Fsp3) is 0.411. The predicted octanol–water partition coefficient (Wildman–Crippen LogP) is 7.98. The molecular weight excluding hydrogens is 958 g/mol. The van der Waals surface area contributed by atoms with Crippen molar-refractivity contribution in [3.8, 4) is 46.7 Å². The zero-order valence-corrected chi connectivity index (χ0v) is 42.7. The normalized spacial score (nSPS) is 18.6. The first kappa shape index (κ1) is 50.1. The van der Waals surface area contributed by atoms with E-state index >= 15 is 0 Å². The molecule has 0 unspecified atom stereocenters. The number of carbonyl (C=O) groups is 2. The number of benzene rings is 4. The molecule has 0 saturated carbocycles. The predicted molar refractivity (Wildman–Crippen MR) is 283 cm³/mol. The number of anilines is 2. The van der Waals surface area contributed by atoms with E-state index in [2.05, 4.69) is 61.8 Å². The standard InChI is InChI=1S/C56H62ClN11O6/c1-4-50(71)67-27-26-65(32-41(67)17-21-58)52-42-20-25-64(47-12-6-10-38-9-5-11-45(57)51(38)47)33-46(42)59-55(60-52)74-34-37-8-7-22-66(31-37)54(72)39-18-23-63(24-19-39)30-36-13-15-40(16-14-36)68-53(61-62-56(68)73)44-28-43(35(2)3)48(69)29-49(44)70/h4-6,9-16,28-29,35,37,39,41,69-70H,1,7-8,17-20,22-27,30-34H2,2-3H3,(H,62,73)/t37-,41+/m1/s1. The quantitative estimate of drug-likeness (QED) is 0.0941. The molecule has 17 nitrogen and oxygen atoms in total. The number of piperidine rings is 2. The molecular formula is C56H62ClN11O6. The zero-order chi connectivity index (χ0) is 51.6. The van der Waals surface area contributed by atoms with Crippen LogP contribution in [0.15, 0.2) is 85.5 Å². The maximum atomic E-state index is 14.1. The van der Waals surface area contributed by atoms with E-state index in [0.717, 1.165) is 84.4 Å². The molecule has 6 aromatic rings. The summed E-state index contributed by atoms with van der Waals surface area (Å²) in [5.74, 6) is 0.882. The van der Waals surface area contributed by atoms with Gasteiger partial charge in [0, 0.05) is 80.4 Å². The van der Waals surface area contributed by atoms with E-state index in [4.69, 9.17) is 26.3 Å². The van der Waals surface area contributed by atoms with E-state index in [0.29, 0.717) is 80.7 Å². The summed E-state index contributed by atoms with van der Waals surface area (Å²) in [5.41, 5.74) is 5.62. The van der Waals surface area contributed by atoms with Crippen LogP contribution in [-0.4, -0.2) is 132 Å². The van der Waals surface area contributed by atoms with Crippen LogP contribution in [0.2, 0.25) is 5.02 Å². The average Bonchev–Trinajstić information content (AvgIpc) is 3.80. The molecule has 0 radical (unpaired) electrons. The third kappa shape index (κ3) is 10.3. The van der Waals surface area contributed by atoms with Crippen molar-refractivity contribution >= 4 is 45.7 Å². The number of nitriles is 1. The monoisotopic (exact) mass is 1020 g/mol. The Balaban J connectivity index is 0.781. The second kappa shape index (κ2) is 21.6. The van der Waals surface area contributed by atoms with Gasteiger partial charge < -0.3 is 39.7 Å². The molecule has 0 bridgehead atoms. The molecule has 4 aliphatic rings. The Hall–Kier alpha value is -7.42. The summed E-state index contributed by atoms with van der Waals surface area (Å²) < 4.78 is 8.02. The molecule has 18 heteroatoms. The van der Waals surface area contributed by atoms with Crippen LogP contribution in [0.25, 0.3) is 27.8 Å². The van der Waals surface area contributed by atoms with Gasteiger partial charge in [0.25, 0.3) is 0 Å². The number of amides is 2. The van der Waals surface area contributed by atoms with Crippen molar-refractivity contribution in [2.45, 2.75) is 77.4 Å². The van der Waals surface area contributed by atoms with Crippen molar-refractivity contribution in [3.63, 3.8) is 0 Å². The number of ether oxygens (including phenoxy) is 1. The highest BCUT2D eigenvalue weighted by atomic mass is 35.5. The van der Waals surface area contributed by atoms with Crippen LogP contribution < -0.4 is 14.5 Å². The molecule has 384 valence electrons. The van der Waals surface area contributed by atoms with Gasteiger partial charge in [-0.25, -0.2) is 4.57 Å². The summed E-state index contributed by atoms with van der Waals surface area (Å²) in [5, 5.41) is 52.4. The Morgan fingerprint density at radius 3 is 2.45 bits per heavy atom. The first-order chi connectivity index (χ1) is 35.9. The van der Waals surface area contributed by atoms with Crippen molar-refractivity contribution in [1.82, 2.24) is 39.4 Å². The first-order valence-corrected chi connectivity index (χ1v) is 26.1. The number of hydrogen-bond acceptors (Lipinski definition) is 14. The summed E-state index contributed by atoms with van der Waals surface area (Å²) in [6.07, 6.45) is 5.50. The average molecular weight is 1020 g/mol. The van der Waals surface area contributed by atoms with Gasteiger partial charge in [-0.3, -0.25) is 14.5 Å². The van der Waals surface area contributed by atoms with Crippen LogP contribution >= 0.6 is 11.6 Å². The van der Waals surface area contributed by atoms with E-state index in [-0.39, 0.29) is 71.4 Å². The number of likely N-dealkylation sites (tertiary alicyclic amines) is 2. The summed E-state index contributed by atoms with van der Waals surface area (Å²) in [7, 11) is 0. The van der Waals surface area contributed by atoms with Crippen LogP contribution in [0, 0.1) is 23.2 Å². The highest BCUT2D eigenvalue weighted by Gasteiger charge is 2.35. The van der Waals surface area contributed by atoms with Crippen LogP contribution in [0.5, 0.6) is 23.5 Å². The molecule has 6 heterocycles. The largest absolute Gasteiger partial charge is 0.508 e. The number of phenolic OH excluding ortho intramolecular Hbond substituents is 2. The van der Waals surface area contributed by atoms with Gasteiger partial charge in [-0.1, -0.05) is 73.5 Å². The smallest absolute Gasteiger partial charge is 0.319 e. The van der Waals surface area contributed by atoms with E-state index in [1.807, 2.05) is 55.1 Å². The Morgan fingerprint density at radius 1 is 0.905 bits per heavy atom. The molecule has 2 aromatic heterocycles. The molecule has 4 aliphatic heterocycles. The van der Waals surface area contributed by atoms with Gasteiger partial charge in [0.1, 0.15) is 17.3 Å². The maximum absolute atomic E-state index is 14.1. The molecule has 2 atom stereocenters. The minimum absolute atomic E-state index is 0.00934. The van der Waals surface area contributed by atoms with E-state index in [1.54, 1.807) is 11.0 Å². The summed E-state index contributed by atoms with van der Waals surface area (Å²) in [4.78, 5) is 47.7. The fourth-order valence-corrected chi connectivity index (χ4v) is 11.6. The van der Waals surface area contributed by atoms with Gasteiger partial charge >= 0.3 is 12.0 Å². The lowest BCUT2D eigenvalue weighted by Gasteiger charge is -2.42. The third-order valence-electron chi connectivity index (χ3n) is 15.2. The third-order valence-corrected chi connectivity index (χ3v) is 15.5. The van der Waals surface area contributed by atoms with E-state index < -0.39 is 0 Å². The van der Waals surface area contributed by atoms with Gasteiger partial charge in [-0.2, -0.15) is 15.2 Å². The molecule has 3 fully saturated rings. The Morgan fingerprint density at radius 2 is 1.69 bits per heavy atom. The van der Waals surface area contributed by atoms with Gasteiger partial charge in [0.05, 0.1) is 53.7 Å². The number of fused-ring (bicyclic) bond motifs is 2. The van der Waals surface area contributed by atoms with Crippen LogP contribution in [0.4, 0.5) is 11.5 Å². The number of carbonyl (C=O) groups excluding carboxylic acids is 2. The number of piperazine rings is 1. The molecule has 3 saturated heterocycles. The van der Waals surface area contributed by atoms with Gasteiger partial charge in [-0.05, 0) is 104 Å². The van der Waals surface area contributed by atoms with Crippen molar-refractivity contribution < 1.29 is 29.6 Å². The number of nitrogens with zero attached hydrogens (tertiary/aromatic N) is 11. The maximum Gasteiger partial charge on any atom is 0.319 e. The Kier molecular flexibility index (Phi) is 14.6. The number of aromatic nitrogens is 5. The van der Waals surface area contributed by atoms with Crippen molar-refractivity contribution in [2.24, 2.45) is 11.8 Å². The number of halogens is 1. The lowest BCUT2D eigenvalue weighted by molar-refractivity contribution is -0.139. The lowest BCUT2D eigenvalue weighted by atomic mass is 9.92. The Bertz CT molecular complexity index is 3110. The zero-order valence-electron chi connectivity index (χ0n) is 41.9. The lowest BCUT2D eigenvalue weighted by Crippen LogP contribution is -2.55. The first-order valence-electron chi connectivity index (χ1n) is 25.7. The van der Waals surface area contributed by atoms with Crippen molar-refractivity contribution in [1.29, 1.82) is 5.26 Å². The highest BCUT2D eigenvalue weighted by Crippen LogP contribution is 2.40. The molecule has 3 N–H and O–H groups in total. The molecule has 0 aliphatic carbocycles. The fourth-order valence-electron chi connectivity index (χ4n) is 11.3. The summed E-state index contributed by atoms with van der Waals surface area (Å²) in [6.45, 7) is 14.2. The van der Waals surface area contributed by atoms with Crippen LogP contribution in [0.3, 0.4) is 0 Å². The molecule has 74 heavy (non-hydrogen) atoms. The Labute approximate surface area is 435 Å². The SMILES string of the molecule is C=CC(=O)N1CCN(c2nc(OC[C@@H]3CCCN(C(=O)C4CCN(Cc5ccc(-n6c(O)nnc6-c6cc(C(C)C)c(O)cc6O)cc5)CC4)C3)nc3c2CCN(c2cccc4cccc(Cl)c24)C3)C[C@@H]1CC#N. The van der Waals surface area contributed by atoms with E-state index in [1.165, 1.54) is 16.7 Å². The number of hydrogen-bond donors (Lipinski definition) is 3. The minimum atomic E-state index is -0.322. The van der Waals surface area contributed by atoms with Gasteiger partial charge in [0.15, 0.2) is 5.82 Å². The molecule has 10 rings (SSSR count). The number of aromatic hydroxyl groups is 3. The number of rotatable bonds is 13. The highest BCUT2D eigenvalue weighted by molar-refractivity contribution is 6.36. The van der Waals surface area contributed by atoms with E-state index in [9.17, 15) is 30.2 Å². The van der Waals surface area contributed by atoms with Crippen LogP contribution in [0.1, 0.15) is 74.3 Å². The van der Waals surface area contributed by atoms with Crippen molar-refractivity contribution in [2.75, 3.05) is 68.8 Å². The summed E-state index contributed by atoms with van der Waals surface area (Å²) in [6, 6.07) is 24.8.